The molecule has 30 heavy (non-hydrogen) atoms. The maximum Gasteiger partial charge on any atom is 0.305 e. The van der Waals surface area contributed by atoms with Crippen LogP contribution < -0.4 is 0 Å². The number of allylic oxidation sites excluding steroid dienone is 1. The Bertz CT molecular complexity index is 1010. The molecular formula is C25H25NO4. The van der Waals surface area contributed by atoms with Gasteiger partial charge in [-0.25, -0.2) is 0 Å². The van der Waals surface area contributed by atoms with Crippen molar-refractivity contribution in [3.05, 3.63) is 101 Å². The van der Waals surface area contributed by atoms with E-state index < -0.39 is 5.97 Å². The molecule has 5 nitrogen and oxygen atoms in total. The Morgan fingerprint density at radius 1 is 1.03 bits per heavy atom. The third-order valence-corrected chi connectivity index (χ3v) is 4.70. The summed E-state index contributed by atoms with van der Waals surface area (Å²) in [5, 5.41) is 8.61. The van der Waals surface area contributed by atoms with E-state index in [0.29, 0.717) is 24.4 Å². The fourth-order valence-electron chi connectivity index (χ4n) is 3.01. The standard InChI is InChI=1S/C25H25NO4/c1-19-6-12-22(13-7-19)25(29)23-5-3-16-26(23)15-2-4-20-8-10-21(11-9-20)18-30-17-14-24(27)28/h2-13,16H,14-15,17-18H2,1H3,(H,27,28)/b4-2+. The number of ketones is 1. The lowest BCUT2D eigenvalue weighted by molar-refractivity contribution is -0.138. The van der Waals surface area contributed by atoms with Gasteiger partial charge in [0.25, 0.3) is 0 Å². The molecule has 0 saturated carbocycles. The number of aryl methyl sites for hydroxylation is 1. The van der Waals surface area contributed by atoms with Crippen molar-refractivity contribution in [2.75, 3.05) is 6.61 Å². The molecule has 1 aromatic heterocycles. The van der Waals surface area contributed by atoms with Gasteiger partial charge in [-0.3, -0.25) is 9.59 Å². The summed E-state index contributed by atoms with van der Waals surface area (Å²) in [6.07, 6.45) is 5.94. The van der Waals surface area contributed by atoms with E-state index in [-0.39, 0.29) is 18.8 Å². The number of hydrogen-bond donors (Lipinski definition) is 1. The lowest BCUT2D eigenvalue weighted by Gasteiger charge is -2.07. The molecule has 3 aromatic rings. The van der Waals surface area contributed by atoms with Gasteiger partial charge in [-0.15, -0.1) is 0 Å². The highest BCUT2D eigenvalue weighted by Gasteiger charge is 2.12. The first-order chi connectivity index (χ1) is 14.5. The number of benzene rings is 2. The van der Waals surface area contributed by atoms with Crippen LogP contribution >= 0.6 is 0 Å². The summed E-state index contributed by atoms with van der Waals surface area (Å²) in [4.78, 5) is 23.2. The second kappa shape index (κ2) is 10.4. The number of carboxylic acids is 1. The van der Waals surface area contributed by atoms with Crippen molar-refractivity contribution in [1.29, 1.82) is 0 Å². The van der Waals surface area contributed by atoms with Gasteiger partial charge in [0, 0.05) is 18.3 Å². The lowest BCUT2D eigenvalue weighted by Crippen LogP contribution is -2.09. The van der Waals surface area contributed by atoms with Crippen LogP contribution in [0.4, 0.5) is 0 Å². The molecule has 0 amide bonds. The highest BCUT2D eigenvalue weighted by atomic mass is 16.5. The Kier molecular flexibility index (Phi) is 7.35. The number of hydrogen-bond acceptors (Lipinski definition) is 3. The zero-order chi connectivity index (χ0) is 21.3. The normalized spacial score (nSPS) is 11.1. The predicted octanol–water partition coefficient (Wildman–Crippen LogP) is 4.73. The minimum atomic E-state index is -0.859. The molecular weight excluding hydrogens is 378 g/mol. The van der Waals surface area contributed by atoms with Crippen LogP contribution in [0.2, 0.25) is 0 Å². The Labute approximate surface area is 176 Å². The van der Waals surface area contributed by atoms with E-state index in [9.17, 15) is 9.59 Å². The van der Waals surface area contributed by atoms with Gasteiger partial charge < -0.3 is 14.4 Å². The van der Waals surface area contributed by atoms with Crippen molar-refractivity contribution in [1.82, 2.24) is 4.57 Å². The van der Waals surface area contributed by atoms with Gasteiger partial charge in [-0.05, 0) is 30.2 Å². The van der Waals surface area contributed by atoms with Gasteiger partial charge >= 0.3 is 5.97 Å². The van der Waals surface area contributed by atoms with Crippen LogP contribution in [-0.4, -0.2) is 28.0 Å². The van der Waals surface area contributed by atoms with Crippen LogP contribution in [0.5, 0.6) is 0 Å². The van der Waals surface area contributed by atoms with Crippen molar-refractivity contribution >= 4 is 17.8 Å². The van der Waals surface area contributed by atoms with Crippen molar-refractivity contribution in [2.24, 2.45) is 0 Å². The summed E-state index contributed by atoms with van der Waals surface area (Å²) in [6.45, 7) is 3.20. The molecule has 0 aliphatic heterocycles. The molecule has 0 fully saturated rings. The van der Waals surface area contributed by atoms with Gasteiger partial charge in [0.05, 0.1) is 25.3 Å². The van der Waals surface area contributed by atoms with Gasteiger partial charge in [-0.1, -0.05) is 66.2 Å². The first-order valence-electron chi connectivity index (χ1n) is 9.84. The molecule has 1 N–H and O–H groups in total. The molecule has 1 heterocycles. The first-order valence-corrected chi connectivity index (χ1v) is 9.84. The van der Waals surface area contributed by atoms with Crippen LogP contribution in [0.25, 0.3) is 6.08 Å². The second-order valence-electron chi connectivity index (χ2n) is 7.08. The summed E-state index contributed by atoms with van der Waals surface area (Å²) < 4.78 is 7.28. The quantitative estimate of drug-likeness (QED) is 0.392. The van der Waals surface area contributed by atoms with Crippen LogP contribution in [-0.2, 0) is 22.7 Å². The van der Waals surface area contributed by atoms with Crippen LogP contribution in [0, 0.1) is 6.92 Å². The molecule has 0 bridgehead atoms. The topological polar surface area (TPSA) is 68.5 Å². The minimum absolute atomic E-state index is 0.00855. The van der Waals surface area contributed by atoms with E-state index in [2.05, 4.69) is 0 Å². The molecule has 3 rings (SSSR count). The Balaban J connectivity index is 1.56. The highest BCUT2D eigenvalue weighted by Crippen LogP contribution is 2.13. The summed E-state index contributed by atoms with van der Waals surface area (Å²) >= 11 is 0. The Morgan fingerprint density at radius 2 is 1.77 bits per heavy atom. The van der Waals surface area contributed by atoms with Crippen molar-refractivity contribution in [3.8, 4) is 0 Å². The molecule has 0 atom stereocenters. The number of carbonyl (C=O) groups excluding carboxylic acids is 1. The number of ether oxygens (including phenoxy) is 1. The molecule has 0 aliphatic carbocycles. The lowest BCUT2D eigenvalue weighted by atomic mass is 10.1. The molecule has 0 aliphatic rings. The minimum Gasteiger partial charge on any atom is -0.481 e. The van der Waals surface area contributed by atoms with E-state index in [4.69, 9.17) is 9.84 Å². The predicted molar refractivity (Wildman–Crippen MR) is 116 cm³/mol. The van der Waals surface area contributed by atoms with Crippen molar-refractivity contribution < 1.29 is 19.4 Å². The molecule has 0 spiro atoms. The zero-order valence-electron chi connectivity index (χ0n) is 17.0. The van der Waals surface area contributed by atoms with Gasteiger partial charge in [0.1, 0.15) is 0 Å². The zero-order valence-corrected chi connectivity index (χ0v) is 17.0. The number of carboxylic acid groups (broad SMARTS) is 1. The smallest absolute Gasteiger partial charge is 0.305 e. The van der Waals surface area contributed by atoms with Gasteiger partial charge in [0.15, 0.2) is 0 Å². The van der Waals surface area contributed by atoms with Crippen molar-refractivity contribution in [3.63, 3.8) is 0 Å². The van der Waals surface area contributed by atoms with Crippen LogP contribution in [0.15, 0.2) is 72.9 Å². The van der Waals surface area contributed by atoms with Crippen LogP contribution in [0.3, 0.4) is 0 Å². The molecule has 154 valence electrons. The first kappa shape index (κ1) is 21.3. The maximum absolute atomic E-state index is 12.8. The maximum atomic E-state index is 12.8. The largest absolute Gasteiger partial charge is 0.481 e. The van der Waals surface area contributed by atoms with E-state index in [0.717, 1.165) is 16.7 Å². The number of rotatable bonds is 10. The second-order valence-corrected chi connectivity index (χ2v) is 7.08. The number of nitrogens with zero attached hydrogens (tertiary/aromatic N) is 1. The highest BCUT2D eigenvalue weighted by molar-refractivity contribution is 6.08. The molecule has 0 unspecified atom stereocenters. The van der Waals surface area contributed by atoms with E-state index in [1.54, 1.807) is 0 Å². The number of aromatic nitrogens is 1. The summed E-state index contributed by atoms with van der Waals surface area (Å²) in [7, 11) is 0. The fourth-order valence-corrected chi connectivity index (χ4v) is 3.01. The van der Waals surface area contributed by atoms with E-state index in [1.165, 1.54) is 0 Å². The molecule has 0 radical (unpaired) electrons. The Morgan fingerprint density at radius 3 is 2.47 bits per heavy atom. The van der Waals surface area contributed by atoms with E-state index >= 15 is 0 Å². The monoisotopic (exact) mass is 403 g/mol. The number of carbonyl (C=O) groups is 2. The molecule has 2 aromatic carbocycles. The third kappa shape index (κ3) is 6.03. The SMILES string of the molecule is Cc1ccc(C(=O)c2cccn2C/C=C/c2ccc(COCCC(=O)O)cc2)cc1. The number of aliphatic carboxylic acids is 1. The average molecular weight is 403 g/mol. The fraction of sp³-hybridized carbons (Fsp3) is 0.200. The summed E-state index contributed by atoms with van der Waals surface area (Å²) in [6, 6.07) is 19.2. The Hall–Kier alpha value is -3.44. The molecule has 5 heteroatoms. The van der Waals surface area contributed by atoms with Crippen molar-refractivity contribution in [2.45, 2.75) is 26.5 Å². The summed E-state index contributed by atoms with van der Waals surface area (Å²) in [5.74, 6) is -0.845. The van der Waals surface area contributed by atoms with Gasteiger partial charge in [0.2, 0.25) is 5.78 Å². The summed E-state index contributed by atoms with van der Waals surface area (Å²) in [5.41, 5.74) is 4.52. The average Bonchev–Trinajstić information content (AvgIpc) is 3.21. The van der Waals surface area contributed by atoms with Crippen LogP contribution in [0.1, 0.15) is 39.2 Å². The van der Waals surface area contributed by atoms with Gasteiger partial charge in [-0.2, -0.15) is 0 Å². The third-order valence-electron chi connectivity index (χ3n) is 4.70. The van der Waals surface area contributed by atoms with E-state index in [1.807, 2.05) is 90.5 Å². The molecule has 0 saturated heterocycles.